The van der Waals surface area contributed by atoms with Gasteiger partial charge in [-0.15, -0.1) is 0 Å². The quantitative estimate of drug-likeness (QED) is 0.713. The summed E-state index contributed by atoms with van der Waals surface area (Å²) in [6.07, 6.45) is 7.30. The van der Waals surface area contributed by atoms with Crippen molar-refractivity contribution in [3.05, 3.63) is 76.2 Å². The second-order valence-electron chi connectivity index (χ2n) is 5.94. The number of amides is 1. The Balaban J connectivity index is 1.88. The highest BCUT2D eigenvalue weighted by Crippen LogP contribution is 2.09. The predicted molar refractivity (Wildman–Crippen MR) is 100.0 cm³/mol. The van der Waals surface area contributed by atoms with Crippen molar-refractivity contribution < 1.29 is 14.7 Å². The zero-order valence-electron chi connectivity index (χ0n) is 14.6. The van der Waals surface area contributed by atoms with E-state index in [1.165, 1.54) is 13.0 Å². The molecular weight excluding hydrogens is 332 g/mol. The summed E-state index contributed by atoms with van der Waals surface area (Å²) in [5.41, 5.74) is 1.26. The Morgan fingerprint density at radius 1 is 1.23 bits per heavy atom. The van der Waals surface area contributed by atoms with E-state index in [2.05, 4.69) is 5.32 Å². The van der Waals surface area contributed by atoms with Crippen LogP contribution in [0.15, 0.2) is 59.5 Å². The van der Waals surface area contributed by atoms with Gasteiger partial charge in [0, 0.05) is 24.4 Å². The first-order valence-corrected chi connectivity index (χ1v) is 8.43. The number of rotatable bonds is 8. The molecule has 0 fully saturated rings. The summed E-state index contributed by atoms with van der Waals surface area (Å²) in [5, 5.41) is 11.3. The fraction of sp³-hybridized carbons (Fsp3) is 0.250. The molecule has 0 unspecified atom stereocenters. The highest BCUT2D eigenvalue weighted by atomic mass is 16.4. The molecule has 6 nitrogen and oxygen atoms in total. The second-order valence-corrected chi connectivity index (χ2v) is 5.94. The molecule has 1 heterocycles. The van der Waals surface area contributed by atoms with Gasteiger partial charge in [0.2, 0.25) is 5.56 Å². The van der Waals surface area contributed by atoms with E-state index in [9.17, 15) is 14.4 Å². The lowest BCUT2D eigenvalue weighted by molar-refractivity contribution is -0.138. The predicted octanol–water partition coefficient (Wildman–Crippen LogP) is 2.54. The average molecular weight is 354 g/mol. The van der Waals surface area contributed by atoms with Gasteiger partial charge in [-0.2, -0.15) is 0 Å². The Morgan fingerprint density at radius 2 is 2.04 bits per heavy atom. The van der Waals surface area contributed by atoms with Crippen molar-refractivity contribution in [2.45, 2.75) is 32.4 Å². The van der Waals surface area contributed by atoms with E-state index < -0.39 is 17.9 Å². The number of unbranched alkanes of at least 4 members (excludes halogenated alkanes) is 1. The molecule has 1 atom stereocenters. The minimum absolute atomic E-state index is 0.00853. The lowest BCUT2D eigenvalue weighted by Crippen LogP contribution is -2.38. The normalized spacial score (nSPS) is 12.0. The van der Waals surface area contributed by atoms with Crippen LogP contribution in [0.2, 0.25) is 0 Å². The van der Waals surface area contributed by atoms with Crippen molar-refractivity contribution >= 4 is 18.0 Å². The molecule has 26 heavy (non-hydrogen) atoms. The topological polar surface area (TPSA) is 88.4 Å². The highest BCUT2D eigenvalue weighted by Gasteiger charge is 2.15. The number of nitrogens with one attached hydrogen (secondary N) is 1. The Kier molecular flexibility index (Phi) is 6.91. The molecule has 0 bridgehead atoms. The second kappa shape index (κ2) is 9.36. The molecule has 1 amide bonds. The summed E-state index contributed by atoms with van der Waals surface area (Å²) in [6, 6.07) is 11.1. The van der Waals surface area contributed by atoms with Crippen molar-refractivity contribution in [2.75, 3.05) is 0 Å². The molecule has 0 spiro atoms. The number of carbonyl (C=O) groups is 2. The van der Waals surface area contributed by atoms with Crippen molar-refractivity contribution in [1.82, 2.24) is 9.88 Å². The summed E-state index contributed by atoms with van der Waals surface area (Å²) < 4.78 is 1.67. The maximum atomic E-state index is 12.0. The molecule has 0 aliphatic heterocycles. The molecule has 6 heteroatoms. The lowest BCUT2D eigenvalue weighted by atomic mass is 10.1. The summed E-state index contributed by atoms with van der Waals surface area (Å²) in [7, 11) is 0. The molecule has 2 aromatic rings. The number of aromatic nitrogens is 1. The van der Waals surface area contributed by atoms with Crippen molar-refractivity contribution in [3.8, 4) is 0 Å². The third-order valence-electron chi connectivity index (χ3n) is 3.85. The number of pyridine rings is 1. The summed E-state index contributed by atoms with van der Waals surface area (Å²) in [5.74, 6) is -1.49. The Bertz CT molecular complexity index is 855. The number of hydrogen-bond acceptors (Lipinski definition) is 3. The summed E-state index contributed by atoms with van der Waals surface area (Å²) >= 11 is 0. The standard InChI is InChI=1S/C20H22N2O4/c1-15(20(25)26)21-19(24)17-10-7-9-16(14-17)8-3-2-5-12-22-13-6-4-11-18(22)23/h3-4,6-11,13-15H,2,5,12H2,1H3,(H,21,24)(H,25,26)/b8-3-/t15-/m1/s1. The lowest BCUT2D eigenvalue weighted by Gasteiger charge is -2.09. The maximum Gasteiger partial charge on any atom is 0.325 e. The molecule has 0 radical (unpaired) electrons. The average Bonchev–Trinajstić information content (AvgIpc) is 2.63. The van der Waals surface area contributed by atoms with Crippen molar-refractivity contribution in [3.63, 3.8) is 0 Å². The van der Waals surface area contributed by atoms with Crippen molar-refractivity contribution in [1.29, 1.82) is 0 Å². The van der Waals surface area contributed by atoms with E-state index in [0.29, 0.717) is 12.1 Å². The minimum Gasteiger partial charge on any atom is -0.480 e. The third kappa shape index (κ3) is 5.73. The van der Waals surface area contributed by atoms with Gasteiger partial charge in [0.1, 0.15) is 6.04 Å². The van der Waals surface area contributed by atoms with Gasteiger partial charge in [-0.05, 0) is 43.5 Å². The molecule has 2 rings (SSSR count). The first kappa shape index (κ1) is 19.2. The van der Waals surface area contributed by atoms with E-state index in [1.54, 1.807) is 35.0 Å². The molecule has 1 aromatic carbocycles. The van der Waals surface area contributed by atoms with Crippen LogP contribution in [0.3, 0.4) is 0 Å². The fourth-order valence-corrected chi connectivity index (χ4v) is 2.37. The van der Waals surface area contributed by atoms with E-state index in [0.717, 1.165) is 18.4 Å². The van der Waals surface area contributed by atoms with E-state index in [4.69, 9.17) is 5.11 Å². The van der Waals surface area contributed by atoms with E-state index in [-0.39, 0.29) is 5.56 Å². The van der Waals surface area contributed by atoms with Crippen LogP contribution < -0.4 is 10.9 Å². The number of aliphatic carboxylic acids is 1. The molecule has 2 N–H and O–H groups in total. The molecule has 0 saturated carbocycles. The molecule has 0 aliphatic carbocycles. The van der Waals surface area contributed by atoms with Crippen LogP contribution in [0, 0.1) is 0 Å². The van der Waals surface area contributed by atoms with Gasteiger partial charge in [0.25, 0.3) is 5.91 Å². The zero-order valence-corrected chi connectivity index (χ0v) is 14.6. The Labute approximate surface area is 151 Å². The molecular formula is C20H22N2O4. The molecule has 1 aromatic heterocycles. The van der Waals surface area contributed by atoms with Crippen LogP contribution in [-0.2, 0) is 11.3 Å². The van der Waals surface area contributed by atoms with E-state index in [1.807, 2.05) is 24.3 Å². The summed E-state index contributed by atoms with van der Waals surface area (Å²) in [6.45, 7) is 2.07. The minimum atomic E-state index is -1.08. The molecule has 136 valence electrons. The van der Waals surface area contributed by atoms with Crippen LogP contribution in [0.1, 0.15) is 35.7 Å². The first-order chi connectivity index (χ1) is 12.5. The maximum absolute atomic E-state index is 12.0. The molecule has 0 aliphatic rings. The Morgan fingerprint density at radius 3 is 2.77 bits per heavy atom. The number of nitrogens with zero attached hydrogens (tertiary/aromatic N) is 1. The molecule has 0 saturated heterocycles. The van der Waals surface area contributed by atoms with Gasteiger partial charge in [0.05, 0.1) is 0 Å². The monoisotopic (exact) mass is 354 g/mol. The fourth-order valence-electron chi connectivity index (χ4n) is 2.37. The van der Waals surface area contributed by atoms with E-state index >= 15 is 0 Å². The number of allylic oxidation sites excluding steroid dienone is 1. The van der Waals surface area contributed by atoms with Crippen LogP contribution in [-0.4, -0.2) is 27.6 Å². The van der Waals surface area contributed by atoms with Gasteiger partial charge in [0.15, 0.2) is 0 Å². The van der Waals surface area contributed by atoms with Gasteiger partial charge in [-0.3, -0.25) is 14.4 Å². The Hall–Kier alpha value is -3.15. The number of carboxylic acids is 1. The smallest absolute Gasteiger partial charge is 0.325 e. The third-order valence-corrected chi connectivity index (χ3v) is 3.85. The number of benzene rings is 1. The van der Waals surface area contributed by atoms with Crippen LogP contribution in [0.4, 0.5) is 0 Å². The van der Waals surface area contributed by atoms with Gasteiger partial charge >= 0.3 is 5.97 Å². The highest BCUT2D eigenvalue weighted by molar-refractivity contribution is 5.96. The van der Waals surface area contributed by atoms with Gasteiger partial charge in [-0.25, -0.2) is 0 Å². The van der Waals surface area contributed by atoms with Crippen LogP contribution >= 0.6 is 0 Å². The number of hydrogen-bond donors (Lipinski definition) is 2. The first-order valence-electron chi connectivity index (χ1n) is 8.43. The van der Waals surface area contributed by atoms with Crippen molar-refractivity contribution in [2.24, 2.45) is 0 Å². The number of carbonyl (C=O) groups excluding carboxylic acids is 1. The van der Waals surface area contributed by atoms with Crippen LogP contribution in [0.25, 0.3) is 6.08 Å². The number of carboxylic acid groups (broad SMARTS) is 1. The SMILES string of the molecule is C[C@@H](NC(=O)c1cccc(/C=C\CCCn2ccccc2=O)c1)C(=O)O. The van der Waals surface area contributed by atoms with Gasteiger partial charge in [-0.1, -0.05) is 30.4 Å². The van der Waals surface area contributed by atoms with Gasteiger partial charge < -0.3 is 15.0 Å². The number of aryl methyl sites for hydroxylation is 1. The largest absolute Gasteiger partial charge is 0.480 e. The zero-order chi connectivity index (χ0) is 18.9. The van der Waals surface area contributed by atoms with Crippen LogP contribution in [0.5, 0.6) is 0 Å². The summed E-state index contributed by atoms with van der Waals surface area (Å²) in [4.78, 5) is 34.5.